The van der Waals surface area contributed by atoms with E-state index in [9.17, 15) is 22.8 Å². The summed E-state index contributed by atoms with van der Waals surface area (Å²) in [4.78, 5) is 23.9. The molecule has 2 N–H and O–H groups in total. The molecular weight excluding hydrogens is 357 g/mol. The van der Waals surface area contributed by atoms with Gasteiger partial charge in [0, 0.05) is 13.0 Å². The average Bonchev–Trinajstić information content (AvgIpc) is 2.51. The highest BCUT2D eigenvalue weighted by molar-refractivity contribution is 5.87. The van der Waals surface area contributed by atoms with Gasteiger partial charge in [-0.1, -0.05) is 31.4 Å². The highest BCUT2D eigenvalue weighted by atomic mass is 19.4. The van der Waals surface area contributed by atoms with Gasteiger partial charge in [-0.25, -0.2) is 0 Å². The van der Waals surface area contributed by atoms with Gasteiger partial charge in [0.05, 0.1) is 5.56 Å². The Morgan fingerprint density at radius 1 is 1.15 bits per heavy atom. The molecule has 0 heterocycles. The summed E-state index contributed by atoms with van der Waals surface area (Å²) in [5.74, 6) is 0.274. The van der Waals surface area contributed by atoms with Crippen molar-refractivity contribution in [3.05, 3.63) is 35.4 Å². The highest BCUT2D eigenvalue weighted by Crippen LogP contribution is 2.38. The fourth-order valence-electron chi connectivity index (χ4n) is 3.79. The van der Waals surface area contributed by atoms with Crippen LogP contribution in [0.25, 0.3) is 0 Å². The fourth-order valence-corrected chi connectivity index (χ4v) is 3.79. The molecule has 1 aromatic carbocycles. The van der Waals surface area contributed by atoms with Gasteiger partial charge in [0.2, 0.25) is 11.8 Å². The quantitative estimate of drug-likeness (QED) is 0.787. The standard InChI is InChI=1S/C20H25F3N2O2/c1-12(26)24-18(9-13-3-2-4-13)19(27)25-17-10-15(11-17)14-5-7-16(8-6-14)20(21,22)23/h5-8,13,15,17-18H,2-4,9-11H2,1H3,(H,24,26)(H,25,27)/t15?,17?,18-/m1/s1. The Bertz CT molecular complexity index is 677. The first-order valence-corrected chi connectivity index (χ1v) is 9.47. The maximum Gasteiger partial charge on any atom is 0.416 e. The summed E-state index contributed by atoms with van der Waals surface area (Å²) in [6.07, 6.45) is 1.12. The molecule has 148 valence electrons. The summed E-state index contributed by atoms with van der Waals surface area (Å²) in [6.45, 7) is 1.41. The second kappa shape index (κ2) is 7.90. The van der Waals surface area contributed by atoms with Crippen molar-refractivity contribution >= 4 is 11.8 Å². The number of carbonyl (C=O) groups is 2. The molecule has 0 aliphatic heterocycles. The van der Waals surface area contributed by atoms with Crippen LogP contribution in [0.4, 0.5) is 13.2 Å². The van der Waals surface area contributed by atoms with Crippen molar-refractivity contribution in [3.63, 3.8) is 0 Å². The lowest BCUT2D eigenvalue weighted by Gasteiger charge is -2.37. The molecule has 7 heteroatoms. The fraction of sp³-hybridized carbons (Fsp3) is 0.600. The molecule has 1 atom stereocenters. The van der Waals surface area contributed by atoms with Crippen LogP contribution in [-0.2, 0) is 15.8 Å². The van der Waals surface area contributed by atoms with Crippen molar-refractivity contribution in [1.29, 1.82) is 0 Å². The Morgan fingerprint density at radius 3 is 2.26 bits per heavy atom. The Morgan fingerprint density at radius 2 is 1.78 bits per heavy atom. The van der Waals surface area contributed by atoms with Gasteiger partial charge in [-0.05, 0) is 48.8 Å². The Kier molecular flexibility index (Phi) is 5.77. The summed E-state index contributed by atoms with van der Waals surface area (Å²) < 4.78 is 37.9. The lowest BCUT2D eigenvalue weighted by atomic mass is 9.75. The molecule has 0 radical (unpaired) electrons. The van der Waals surface area contributed by atoms with E-state index >= 15 is 0 Å². The van der Waals surface area contributed by atoms with Gasteiger partial charge in [0.25, 0.3) is 0 Å². The number of amides is 2. The van der Waals surface area contributed by atoms with Gasteiger partial charge in [0.1, 0.15) is 6.04 Å². The van der Waals surface area contributed by atoms with Crippen molar-refractivity contribution in [2.24, 2.45) is 5.92 Å². The van der Waals surface area contributed by atoms with Crippen LogP contribution in [0.1, 0.15) is 62.5 Å². The van der Waals surface area contributed by atoms with E-state index in [0.29, 0.717) is 25.2 Å². The van der Waals surface area contributed by atoms with Gasteiger partial charge in [0.15, 0.2) is 0 Å². The predicted octanol–water partition coefficient (Wildman–Crippen LogP) is 3.76. The predicted molar refractivity (Wildman–Crippen MR) is 94.9 cm³/mol. The van der Waals surface area contributed by atoms with Crippen molar-refractivity contribution in [1.82, 2.24) is 10.6 Å². The SMILES string of the molecule is CC(=O)N[C@H](CC1CCC1)C(=O)NC1CC(c2ccc(C(F)(F)F)cc2)C1. The lowest BCUT2D eigenvalue weighted by Crippen LogP contribution is -2.52. The van der Waals surface area contributed by atoms with E-state index in [2.05, 4.69) is 10.6 Å². The largest absolute Gasteiger partial charge is 0.416 e. The second-order valence-electron chi connectivity index (χ2n) is 7.78. The van der Waals surface area contributed by atoms with Crippen LogP contribution in [-0.4, -0.2) is 23.9 Å². The smallest absolute Gasteiger partial charge is 0.352 e. The minimum atomic E-state index is -4.33. The number of halogens is 3. The lowest BCUT2D eigenvalue weighted by molar-refractivity contribution is -0.137. The van der Waals surface area contributed by atoms with Gasteiger partial charge >= 0.3 is 6.18 Å². The molecule has 2 aliphatic rings. The van der Waals surface area contributed by atoms with E-state index in [-0.39, 0.29) is 23.8 Å². The van der Waals surface area contributed by atoms with Crippen LogP contribution < -0.4 is 10.6 Å². The average molecular weight is 382 g/mol. The number of alkyl halides is 3. The first kappa shape index (κ1) is 19.7. The maximum atomic E-state index is 12.6. The van der Waals surface area contributed by atoms with Crippen LogP contribution in [0, 0.1) is 5.92 Å². The van der Waals surface area contributed by atoms with E-state index in [4.69, 9.17) is 0 Å². The maximum absolute atomic E-state index is 12.6. The number of hydrogen-bond acceptors (Lipinski definition) is 2. The number of carbonyl (C=O) groups excluding carboxylic acids is 2. The number of hydrogen-bond donors (Lipinski definition) is 2. The summed E-state index contributed by atoms with van der Waals surface area (Å²) >= 11 is 0. The van der Waals surface area contributed by atoms with Crippen molar-refractivity contribution < 1.29 is 22.8 Å². The van der Waals surface area contributed by atoms with E-state index in [1.54, 1.807) is 0 Å². The van der Waals surface area contributed by atoms with Crippen molar-refractivity contribution in [2.75, 3.05) is 0 Å². The van der Waals surface area contributed by atoms with Gasteiger partial charge in [-0.3, -0.25) is 9.59 Å². The minimum Gasteiger partial charge on any atom is -0.352 e. The van der Waals surface area contributed by atoms with Crippen LogP contribution in [0.3, 0.4) is 0 Å². The molecule has 2 aliphatic carbocycles. The molecule has 0 aromatic heterocycles. The van der Waals surface area contributed by atoms with Gasteiger partial charge < -0.3 is 10.6 Å². The topological polar surface area (TPSA) is 58.2 Å². The molecule has 1 aromatic rings. The first-order valence-electron chi connectivity index (χ1n) is 9.47. The number of rotatable bonds is 6. The first-order chi connectivity index (χ1) is 12.7. The highest BCUT2D eigenvalue weighted by Gasteiger charge is 2.35. The van der Waals surface area contributed by atoms with Crippen LogP contribution in [0.2, 0.25) is 0 Å². The molecule has 0 saturated heterocycles. The van der Waals surface area contributed by atoms with Gasteiger partial charge in [-0.15, -0.1) is 0 Å². The molecule has 3 rings (SSSR count). The number of nitrogens with one attached hydrogen (secondary N) is 2. The normalized spacial score (nSPS) is 23.7. The summed E-state index contributed by atoms with van der Waals surface area (Å²) in [7, 11) is 0. The van der Waals surface area contributed by atoms with Crippen molar-refractivity contribution in [3.8, 4) is 0 Å². The van der Waals surface area contributed by atoms with E-state index in [1.807, 2.05) is 0 Å². The summed E-state index contributed by atoms with van der Waals surface area (Å²) in [5.41, 5.74) is 0.214. The van der Waals surface area contributed by atoms with E-state index < -0.39 is 17.8 Å². The molecule has 0 unspecified atom stereocenters. The summed E-state index contributed by atoms with van der Waals surface area (Å²) in [6, 6.07) is 4.74. The molecule has 0 bridgehead atoms. The number of benzene rings is 1. The third-order valence-corrected chi connectivity index (χ3v) is 5.68. The molecular formula is C20H25F3N2O2. The third-order valence-electron chi connectivity index (χ3n) is 5.68. The van der Waals surface area contributed by atoms with E-state index in [0.717, 1.165) is 30.5 Å². The van der Waals surface area contributed by atoms with Crippen molar-refractivity contribution in [2.45, 2.75) is 69.6 Å². The molecule has 4 nitrogen and oxygen atoms in total. The zero-order valence-corrected chi connectivity index (χ0v) is 15.3. The minimum absolute atomic E-state index is 0.00226. The molecule has 27 heavy (non-hydrogen) atoms. The zero-order valence-electron chi connectivity index (χ0n) is 15.3. The molecule has 2 amide bonds. The monoisotopic (exact) mass is 382 g/mol. The Labute approximate surface area is 156 Å². The van der Waals surface area contributed by atoms with Gasteiger partial charge in [-0.2, -0.15) is 13.2 Å². The second-order valence-corrected chi connectivity index (χ2v) is 7.78. The van der Waals surface area contributed by atoms with Crippen LogP contribution in [0.5, 0.6) is 0 Å². The zero-order chi connectivity index (χ0) is 19.6. The summed E-state index contributed by atoms with van der Waals surface area (Å²) in [5, 5.41) is 5.72. The van der Waals surface area contributed by atoms with E-state index in [1.165, 1.54) is 25.5 Å². The molecule has 0 spiro atoms. The Hall–Kier alpha value is -2.05. The molecule has 2 saturated carbocycles. The molecule has 2 fully saturated rings. The third kappa shape index (κ3) is 5.02. The Balaban J connectivity index is 1.49. The van der Waals surface area contributed by atoms with Crippen LogP contribution >= 0.6 is 0 Å². The van der Waals surface area contributed by atoms with Crippen LogP contribution in [0.15, 0.2) is 24.3 Å².